The van der Waals surface area contributed by atoms with Crippen molar-refractivity contribution in [3.8, 4) is 5.75 Å². The molecule has 0 amide bonds. The molecule has 3 heteroatoms. The molecule has 2 nitrogen and oxygen atoms in total. The summed E-state index contributed by atoms with van der Waals surface area (Å²) in [4.78, 5) is 0. The van der Waals surface area contributed by atoms with Gasteiger partial charge in [-0.3, -0.25) is 0 Å². The highest BCUT2D eigenvalue weighted by Crippen LogP contribution is 2.17. The van der Waals surface area contributed by atoms with E-state index in [0.29, 0.717) is 24.9 Å². The lowest BCUT2D eigenvalue weighted by molar-refractivity contribution is 0.306. The van der Waals surface area contributed by atoms with Crippen molar-refractivity contribution in [2.45, 2.75) is 13.0 Å². The molecule has 20 heavy (non-hydrogen) atoms. The largest absolute Gasteiger partial charge is 0.489 e. The second kappa shape index (κ2) is 7.46. The molecular formula is C17H18FNO. The van der Waals surface area contributed by atoms with Gasteiger partial charge in [0.25, 0.3) is 0 Å². The molecule has 0 aliphatic rings. The SMILES string of the molecule is NC/C(=C\F)Cc1cccc(OCc2ccccc2)c1. The number of nitrogens with two attached hydrogens (primary N) is 1. The van der Waals surface area contributed by atoms with Crippen molar-refractivity contribution < 1.29 is 9.13 Å². The standard InChI is InChI=1S/C17H18FNO/c18-11-16(12-19)9-15-7-4-8-17(10-15)20-13-14-5-2-1-3-6-14/h1-8,10-11H,9,12-13,19H2/b16-11-. The minimum atomic E-state index is 0.228. The third-order valence-electron chi connectivity index (χ3n) is 2.99. The van der Waals surface area contributed by atoms with Gasteiger partial charge in [-0.2, -0.15) is 0 Å². The van der Waals surface area contributed by atoms with Gasteiger partial charge in [-0.15, -0.1) is 0 Å². The summed E-state index contributed by atoms with van der Waals surface area (Å²) in [6.45, 7) is 0.749. The van der Waals surface area contributed by atoms with Crippen LogP contribution in [0.4, 0.5) is 4.39 Å². The number of halogens is 1. The molecule has 0 bridgehead atoms. The van der Waals surface area contributed by atoms with Crippen LogP contribution in [0.1, 0.15) is 11.1 Å². The quantitative estimate of drug-likeness (QED) is 0.871. The van der Waals surface area contributed by atoms with Gasteiger partial charge in [0.05, 0.1) is 6.33 Å². The lowest BCUT2D eigenvalue weighted by Gasteiger charge is -2.09. The van der Waals surface area contributed by atoms with E-state index in [1.54, 1.807) is 0 Å². The first-order valence-corrected chi connectivity index (χ1v) is 6.55. The normalized spacial score (nSPS) is 11.4. The molecule has 0 atom stereocenters. The van der Waals surface area contributed by atoms with Crippen LogP contribution in [0.25, 0.3) is 0 Å². The van der Waals surface area contributed by atoms with Gasteiger partial charge >= 0.3 is 0 Å². The monoisotopic (exact) mass is 271 g/mol. The van der Waals surface area contributed by atoms with Crippen LogP contribution in [0.15, 0.2) is 66.5 Å². The summed E-state index contributed by atoms with van der Waals surface area (Å²) in [6, 6.07) is 17.6. The Balaban J connectivity index is 1.99. The average molecular weight is 271 g/mol. The summed E-state index contributed by atoms with van der Waals surface area (Å²) >= 11 is 0. The summed E-state index contributed by atoms with van der Waals surface area (Å²) in [7, 11) is 0. The van der Waals surface area contributed by atoms with Crippen molar-refractivity contribution in [1.29, 1.82) is 0 Å². The zero-order chi connectivity index (χ0) is 14.2. The minimum Gasteiger partial charge on any atom is -0.489 e. The Kier molecular flexibility index (Phi) is 5.33. The van der Waals surface area contributed by atoms with Gasteiger partial charge in [0, 0.05) is 6.54 Å². The maximum atomic E-state index is 12.5. The van der Waals surface area contributed by atoms with Gasteiger partial charge in [0.2, 0.25) is 0 Å². The van der Waals surface area contributed by atoms with Crippen molar-refractivity contribution in [3.63, 3.8) is 0 Å². The van der Waals surface area contributed by atoms with Crippen LogP contribution >= 0.6 is 0 Å². The highest BCUT2D eigenvalue weighted by molar-refractivity contribution is 5.31. The molecule has 0 radical (unpaired) electrons. The van der Waals surface area contributed by atoms with E-state index in [-0.39, 0.29) is 6.54 Å². The van der Waals surface area contributed by atoms with E-state index in [1.807, 2.05) is 54.6 Å². The first kappa shape index (κ1) is 14.3. The summed E-state index contributed by atoms with van der Waals surface area (Å²) in [6.07, 6.45) is 1.09. The molecule has 2 rings (SSSR count). The highest BCUT2D eigenvalue weighted by Gasteiger charge is 2.01. The van der Waals surface area contributed by atoms with Crippen LogP contribution in [-0.2, 0) is 13.0 Å². The summed E-state index contributed by atoms with van der Waals surface area (Å²) < 4.78 is 18.3. The first-order valence-electron chi connectivity index (χ1n) is 6.55. The molecule has 2 aromatic carbocycles. The lowest BCUT2D eigenvalue weighted by atomic mass is 10.1. The van der Waals surface area contributed by atoms with Crippen molar-refractivity contribution >= 4 is 0 Å². The number of ether oxygens (including phenoxy) is 1. The van der Waals surface area contributed by atoms with Gasteiger partial charge in [-0.05, 0) is 35.3 Å². The van der Waals surface area contributed by atoms with E-state index in [1.165, 1.54) is 0 Å². The van der Waals surface area contributed by atoms with Crippen molar-refractivity contribution in [3.05, 3.63) is 77.6 Å². The van der Waals surface area contributed by atoms with Crippen LogP contribution < -0.4 is 10.5 Å². The number of hydrogen-bond acceptors (Lipinski definition) is 2. The average Bonchev–Trinajstić information content (AvgIpc) is 2.52. The fraction of sp³-hybridized carbons (Fsp3) is 0.176. The number of rotatable bonds is 6. The minimum absolute atomic E-state index is 0.228. The second-order valence-corrected chi connectivity index (χ2v) is 4.57. The Bertz CT molecular complexity index is 566. The zero-order valence-electron chi connectivity index (χ0n) is 11.3. The number of hydrogen-bond donors (Lipinski definition) is 1. The van der Waals surface area contributed by atoms with Crippen LogP contribution in [0, 0.1) is 0 Å². The van der Waals surface area contributed by atoms with Gasteiger partial charge in [0.15, 0.2) is 0 Å². The number of benzene rings is 2. The first-order chi connectivity index (χ1) is 9.81. The summed E-state index contributed by atoms with van der Waals surface area (Å²) in [5.41, 5.74) is 8.14. The van der Waals surface area contributed by atoms with Crippen molar-refractivity contribution in [1.82, 2.24) is 0 Å². The summed E-state index contributed by atoms with van der Waals surface area (Å²) in [5.74, 6) is 0.779. The lowest BCUT2D eigenvalue weighted by Crippen LogP contribution is -2.05. The fourth-order valence-corrected chi connectivity index (χ4v) is 1.90. The van der Waals surface area contributed by atoms with Crippen LogP contribution in [0.5, 0.6) is 5.75 Å². The molecule has 0 aromatic heterocycles. The molecule has 0 heterocycles. The van der Waals surface area contributed by atoms with Crippen molar-refractivity contribution in [2.75, 3.05) is 6.54 Å². The maximum absolute atomic E-state index is 12.5. The maximum Gasteiger partial charge on any atom is 0.120 e. The predicted molar refractivity (Wildman–Crippen MR) is 79.2 cm³/mol. The Morgan fingerprint density at radius 3 is 2.50 bits per heavy atom. The fourth-order valence-electron chi connectivity index (χ4n) is 1.90. The molecule has 0 aliphatic carbocycles. The Labute approximate surface area is 118 Å². The zero-order valence-corrected chi connectivity index (χ0v) is 11.3. The van der Waals surface area contributed by atoms with Gasteiger partial charge in [0.1, 0.15) is 12.4 Å². The molecule has 0 spiro atoms. The molecule has 2 aromatic rings. The van der Waals surface area contributed by atoms with E-state index >= 15 is 0 Å². The molecule has 0 aliphatic heterocycles. The van der Waals surface area contributed by atoms with Gasteiger partial charge in [-0.1, -0.05) is 42.5 Å². The summed E-state index contributed by atoms with van der Waals surface area (Å²) in [5, 5.41) is 0. The highest BCUT2D eigenvalue weighted by atomic mass is 19.1. The topological polar surface area (TPSA) is 35.2 Å². The third kappa shape index (κ3) is 4.21. The Morgan fingerprint density at radius 2 is 1.80 bits per heavy atom. The second-order valence-electron chi connectivity index (χ2n) is 4.57. The van der Waals surface area contributed by atoms with Crippen LogP contribution in [-0.4, -0.2) is 6.54 Å². The van der Waals surface area contributed by atoms with Crippen molar-refractivity contribution in [2.24, 2.45) is 5.73 Å². The molecule has 0 fully saturated rings. The molecule has 104 valence electrons. The molecule has 0 saturated heterocycles. The van der Waals surface area contributed by atoms with Gasteiger partial charge in [-0.25, -0.2) is 4.39 Å². The van der Waals surface area contributed by atoms with E-state index in [4.69, 9.17) is 10.5 Å². The third-order valence-corrected chi connectivity index (χ3v) is 2.99. The molecule has 0 saturated carbocycles. The van der Waals surface area contributed by atoms with Crippen LogP contribution in [0.2, 0.25) is 0 Å². The van der Waals surface area contributed by atoms with E-state index in [2.05, 4.69) is 0 Å². The van der Waals surface area contributed by atoms with E-state index < -0.39 is 0 Å². The molecular weight excluding hydrogens is 253 g/mol. The Hall–Kier alpha value is -2.13. The predicted octanol–water partition coefficient (Wildman–Crippen LogP) is 3.62. The van der Waals surface area contributed by atoms with Crippen LogP contribution in [0.3, 0.4) is 0 Å². The Morgan fingerprint density at radius 1 is 1.05 bits per heavy atom. The molecule has 0 unspecified atom stereocenters. The molecule has 2 N–H and O–H groups in total. The smallest absolute Gasteiger partial charge is 0.120 e. The van der Waals surface area contributed by atoms with E-state index in [9.17, 15) is 4.39 Å². The van der Waals surface area contributed by atoms with E-state index in [0.717, 1.165) is 16.9 Å². The van der Waals surface area contributed by atoms with Gasteiger partial charge < -0.3 is 10.5 Å².